The van der Waals surface area contributed by atoms with Gasteiger partial charge in [-0.1, -0.05) is 30.3 Å². The summed E-state index contributed by atoms with van der Waals surface area (Å²) in [5.74, 6) is 0.887. The van der Waals surface area contributed by atoms with Gasteiger partial charge >= 0.3 is 6.18 Å². The molecule has 1 aromatic carbocycles. The van der Waals surface area contributed by atoms with Crippen molar-refractivity contribution in [3.8, 4) is 0 Å². The standard InChI is InChI=1S/C25H27F3N2O/c26-25(27,28)16-18-9-10-24(21-8-4-3-6-19(18)21)11-13-30(14-12-24)22-15-17-5-1-2-7-20(17)23(31)29-22/h3-4,6,8-9,15H,1-2,5,7,10-14,16H2,(H,29,31). The van der Waals surface area contributed by atoms with Crippen LogP contribution in [-0.4, -0.2) is 24.2 Å². The molecule has 164 valence electrons. The van der Waals surface area contributed by atoms with E-state index in [-0.39, 0.29) is 11.0 Å². The average molecular weight is 428 g/mol. The van der Waals surface area contributed by atoms with Crippen LogP contribution in [-0.2, 0) is 18.3 Å². The number of alkyl halides is 3. The molecule has 5 rings (SSSR count). The molecule has 0 radical (unpaired) electrons. The molecule has 0 saturated carbocycles. The van der Waals surface area contributed by atoms with Gasteiger partial charge in [-0.3, -0.25) is 4.79 Å². The Morgan fingerprint density at radius 2 is 1.81 bits per heavy atom. The van der Waals surface area contributed by atoms with Crippen molar-refractivity contribution in [2.45, 2.75) is 63.0 Å². The second-order valence-electron chi connectivity index (χ2n) is 9.23. The van der Waals surface area contributed by atoms with E-state index in [0.717, 1.165) is 74.1 Å². The van der Waals surface area contributed by atoms with Crippen molar-refractivity contribution in [2.75, 3.05) is 18.0 Å². The molecule has 1 spiro atoms. The predicted octanol–water partition coefficient (Wildman–Crippen LogP) is 5.53. The zero-order valence-electron chi connectivity index (χ0n) is 17.5. The van der Waals surface area contributed by atoms with Crippen LogP contribution in [0.5, 0.6) is 0 Å². The maximum Gasteiger partial charge on any atom is 0.393 e. The first-order chi connectivity index (χ1) is 14.8. The maximum absolute atomic E-state index is 13.1. The number of halogens is 3. The normalized spacial score (nSPS) is 20.2. The van der Waals surface area contributed by atoms with Gasteiger partial charge in [-0.05, 0) is 73.3 Å². The van der Waals surface area contributed by atoms with E-state index >= 15 is 0 Å². The van der Waals surface area contributed by atoms with Gasteiger partial charge in [0.1, 0.15) is 5.82 Å². The van der Waals surface area contributed by atoms with E-state index in [4.69, 9.17) is 0 Å². The molecule has 0 bridgehead atoms. The first-order valence-corrected chi connectivity index (χ1v) is 11.2. The van der Waals surface area contributed by atoms with Crippen molar-refractivity contribution in [1.82, 2.24) is 4.98 Å². The molecule has 1 aromatic heterocycles. The number of nitrogens with one attached hydrogen (secondary N) is 1. The average Bonchev–Trinajstić information content (AvgIpc) is 2.76. The number of benzene rings is 1. The number of aromatic nitrogens is 1. The number of rotatable bonds is 2. The molecule has 2 heterocycles. The van der Waals surface area contributed by atoms with Gasteiger partial charge in [-0.2, -0.15) is 13.2 Å². The van der Waals surface area contributed by atoms with Crippen molar-refractivity contribution in [1.29, 1.82) is 0 Å². The molecule has 0 amide bonds. The molecule has 0 unspecified atom stereocenters. The van der Waals surface area contributed by atoms with E-state index in [1.165, 1.54) is 5.56 Å². The van der Waals surface area contributed by atoms with E-state index in [0.29, 0.717) is 12.0 Å². The molecule has 3 aliphatic rings. The number of aryl methyl sites for hydroxylation is 1. The minimum Gasteiger partial charge on any atom is -0.358 e. The number of aromatic amines is 1. The van der Waals surface area contributed by atoms with Gasteiger partial charge < -0.3 is 9.88 Å². The van der Waals surface area contributed by atoms with Crippen molar-refractivity contribution in [2.24, 2.45) is 0 Å². The Balaban J connectivity index is 1.39. The van der Waals surface area contributed by atoms with Crippen LogP contribution in [0.1, 0.15) is 60.8 Å². The van der Waals surface area contributed by atoms with E-state index < -0.39 is 12.6 Å². The highest BCUT2D eigenvalue weighted by atomic mass is 19.4. The molecule has 31 heavy (non-hydrogen) atoms. The van der Waals surface area contributed by atoms with Gasteiger partial charge in [0.25, 0.3) is 5.56 Å². The third-order valence-corrected chi connectivity index (χ3v) is 7.37. The lowest BCUT2D eigenvalue weighted by Gasteiger charge is -2.45. The van der Waals surface area contributed by atoms with Gasteiger partial charge in [0.2, 0.25) is 0 Å². The van der Waals surface area contributed by atoms with Crippen molar-refractivity contribution in [3.63, 3.8) is 0 Å². The number of fused-ring (bicyclic) bond motifs is 3. The highest BCUT2D eigenvalue weighted by molar-refractivity contribution is 5.72. The minimum absolute atomic E-state index is 0.0372. The Kier molecular flexibility index (Phi) is 4.98. The van der Waals surface area contributed by atoms with Crippen LogP contribution < -0.4 is 10.5 Å². The van der Waals surface area contributed by atoms with Gasteiger partial charge in [-0.25, -0.2) is 0 Å². The van der Waals surface area contributed by atoms with E-state index in [2.05, 4.69) is 16.0 Å². The van der Waals surface area contributed by atoms with Gasteiger partial charge in [-0.15, -0.1) is 0 Å². The first-order valence-electron chi connectivity index (χ1n) is 11.2. The number of anilines is 1. The number of pyridine rings is 1. The molecule has 0 atom stereocenters. The van der Waals surface area contributed by atoms with Crippen LogP contribution in [0.4, 0.5) is 19.0 Å². The maximum atomic E-state index is 13.1. The summed E-state index contributed by atoms with van der Waals surface area (Å²) in [6.45, 7) is 1.57. The van der Waals surface area contributed by atoms with Crippen molar-refractivity contribution >= 4 is 11.4 Å². The summed E-state index contributed by atoms with van der Waals surface area (Å²) in [6, 6.07) is 9.75. The second-order valence-corrected chi connectivity index (χ2v) is 9.23. The Bertz CT molecular complexity index is 1070. The van der Waals surface area contributed by atoms with Crippen molar-refractivity contribution in [3.05, 3.63) is 69.0 Å². The lowest BCUT2D eigenvalue weighted by atomic mass is 9.65. The third kappa shape index (κ3) is 3.81. The Morgan fingerprint density at radius 1 is 1.06 bits per heavy atom. The number of piperidine rings is 1. The number of nitrogens with zero attached hydrogens (tertiary/aromatic N) is 1. The van der Waals surface area contributed by atoms with E-state index in [1.807, 2.05) is 30.3 Å². The zero-order valence-corrected chi connectivity index (χ0v) is 17.5. The Labute approximate surface area is 180 Å². The summed E-state index contributed by atoms with van der Waals surface area (Å²) in [5.41, 5.74) is 4.22. The molecule has 2 aliphatic carbocycles. The number of hydrogen-bond acceptors (Lipinski definition) is 2. The van der Waals surface area contributed by atoms with Crippen LogP contribution in [0.25, 0.3) is 5.57 Å². The van der Waals surface area contributed by atoms with E-state index in [9.17, 15) is 18.0 Å². The second kappa shape index (κ2) is 7.57. The lowest BCUT2D eigenvalue weighted by molar-refractivity contribution is -0.123. The topological polar surface area (TPSA) is 36.1 Å². The summed E-state index contributed by atoms with van der Waals surface area (Å²) in [6.07, 6.45) is 3.12. The first kappa shape index (κ1) is 20.4. The Morgan fingerprint density at radius 3 is 2.58 bits per heavy atom. The Hall–Kier alpha value is -2.50. The van der Waals surface area contributed by atoms with Gasteiger partial charge in [0.15, 0.2) is 0 Å². The fourth-order valence-corrected chi connectivity index (χ4v) is 5.71. The van der Waals surface area contributed by atoms with Crippen LogP contribution in [0.15, 0.2) is 41.2 Å². The van der Waals surface area contributed by atoms with Crippen LogP contribution in [0, 0.1) is 0 Å². The smallest absolute Gasteiger partial charge is 0.358 e. The van der Waals surface area contributed by atoms with Crippen LogP contribution in [0.2, 0.25) is 0 Å². The van der Waals surface area contributed by atoms with E-state index in [1.54, 1.807) is 0 Å². The molecule has 1 saturated heterocycles. The molecular weight excluding hydrogens is 401 g/mol. The highest BCUT2D eigenvalue weighted by Crippen LogP contribution is 2.48. The fourth-order valence-electron chi connectivity index (χ4n) is 5.71. The molecular formula is C25H27F3N2O. The molecule has 3 nitrogen and oxygen atoms in total. The largest absolute Gasteiger partial charge is 0.393 e. The summed E-state index contributed by atoms with van der Waals surface area (Å²) in [7, 11) is 0. The number of H-pyrrole nitrogens is 1. The lowest BCUT2D eigenvalue weighted by Crippen LogP contribution is -2.44. The van der Waals surface area contributed by atoms with Crippen molar-refractivity contribution < 1.29 is 13.2 Å². The minimum atomic E-state index is -4.20. The summed E-state index contributed by atoms with van der Waals surface area (Å²) >= 11 is 0. The molecule has 6 heteroatoms. The summed E-state index contributed by atoms with van der Waals surface area (Å²) in [5, 5.41) is 0. The predicted molar refractivity (Wildman–Crippen MR) is 117 cm³/mol. The summed E-state index contributed by atoms with van der Waals surface area (Å²) in [4.78, 5) is 17.9. The monoisotopic (exact) mass is 428 g/mol. The van der Waals surface area contributed by atoms with Gasteiger partial charge in [0, 0.05) is 24.1 Å². The number of allylic oxidation sites excluding steroid dienone is 2. The molecule has 1 fully saturated rings. The number of hydrogen-bond donors (Lipinski definition) is 1. The quantitative estimate of drug-likeness (QED) is 0.683. The molecule has 1 N–H and O–H groups in total. The zero-order chi connectivity index (χ0) is 21.6. The van der Waals surface area contributed by atoms with Crippen LogP contribution in [0.3, 0.4) is 0 Å². The van der Waals surface area contributed by atoms with Crippen LogP contribution >= 0.6 is 0 Å². The third-order valence-electron chi connectivity index (χ3n) is 7.37. The SMILES string of the molecule is O=c1[nH]c(N2CCC3(CC=C(CC(F)(F)F)c4ccccc43)CC2)cc2c1CCCC2. The highest BCUT2D eigenvalue weighted by Gasteiger charge is 2.41. The fraction of sp³-hybridized carbons (Fsp3) is 0.480. The molecule has 2 aromatic rings. The summed E-state index contributed by atoms with van der Waals surface area (Å²) < 4.78 is 39.2. The molecule has 1 aliphatic heterocycles. The van der Waals surface area contributed by atoms with Gasteiger partial charge in [0.05, 0.1) is 6.42 Å².